The molecule has 0 radical (unpaired) electrons. The van der Waals surface area contributed by atoms with Crippen molar-refractivity contribution in [1.29, 1.82) is 0 Å². The molecule has 0 amide bonds. The quantitative estimate of drug-likeness (QED) is 0.776. The van der Waals surface area contributed by atoms with Crippen LogP contribution >= 0.6 is 12.6 Å². The normalized spacial score (nSPS) is 15.9. The van der Waals surface area contributed by atoms with Crippen LogP contribution in [0.4, 0.5) is 11.6 Å². The van der Waals surface area contributed by atoms with Crippen molar-refractivity contribution in [3.8, 4) is 0 Å². The molecule has 0 saturated heterocycles. The van der Waals surface area contributed by atoms with Crippen LogP contribution in [0.2, 0.25) is 0 Å². The lowest BCUT2D eigenvalue weighted by molar-refractivity contribution is 0.545. The lowest BCUT2D eigenvalue weighted by Crippen LogP contribution is -2.25. The maximum atomic E-state index is 4.35. The van der Waals surface area contributed by atoms with Crippen molar-refractivity contribution in [2.24, 2.45) is 5.92 Å². The zero-order valence-electron chi connectivity index (χ0n) is 11.0. The number of anilines is 2. The van der Waals surface area contributed by atoms with E-state index in [0.29, 0.717) is 0 Å². The van der Waals surface area contributed by atoms with Gasteiger partial charge in [0.05, 0.1) is 0 Å². The molecule has 4 nitrogen and oxygen atoms in total. The Morgan fingerprint density at radius 2 is 2.17 bits per heavy atom. The Labute approximate surface area is 115 Å². The average Bonchev–Trinajstić information content (AvgIpc) is 2.89. The third kappa shape index (κ3) is 3.77. The van der Waals surface area contributed by atoms with Crippen molar-refractivity contribution in [2.45, 2.75) is 25.7 Å². The first-order valence-electron chi connectivity index (χ1n) is 6.67. The molecule has 1 N–H and O–H groups in total. The molecule has 0 bridgehead atoms. The van der Waals surface area contributed by atoms with E-state index in [1.54, 1.807) is 6.33 Å². The fraction of sp³-hybridized carbons (Fsp3) is 0.692. The van der Waals surface area contributed by atoms with E-state index in [-0.39, 0.29) is 0 Å². The van der Waals surface area contributed by atoms with E-state index in [4.69, 9.17) is 0 Å². The minimum atomic E-state index is 0.803. The van der Waals surface area contributed by atoms with Gasteiger partial charge in [0, 0.05) is 32.0 Å². The summed E-state index contributed by atoms with van der Waals surface area (Å²) >= 11 is 4.18. The van der Waals surface area contributed by atoms with Crippen LogP contribution in [0.3, 0.4) is 0 Å². The molecule has 0 unspecified atom stereocenters. The fourth-order valence-electron chi connectivity index (χ4n) is 2.51. The van der Waals surface area contributed by atoms with Crippen molar-refractivity contribution < 1.29 is 0 Å². The minimum Gasteiger partial charge on any atom is -0.369 e. The molecule has 1 aromatic rings. The summed E-state index contributed by atoms with van der Waals surface area (Å²) in [5, 5.41) is 3.23. The molecule has 1 heterocycles. The molecule has 1 saturated carbocycles. The van der Waals surface area contributed by atoms with E-state index in [9.17, 15) is 0 Å². The first-order valence-corrected chi connectivity index (χ1v) is 7.30. The molecule has 0 aliphatic heterocycles. The Bertz CT molecular complexity index is 366. The van der Waals surface area contributed by atoms with E-state index < -0.39 is 0 Å². The molecule has 0 aromatic carbocycles. The van der Waals surface area contributed by atoms with E-state index in [0.717, 1.165) is 36.4 Å². The van der Waals surface area contributed by atoms with Crippen LogP contribution in [0.15, 0.2) is 12.4 Å². The van der Waals surface area contributed by atoms with Gasteiger partial charge in [0.2, 0.25) is 0 Å². The summed E-state index contributed by atoms with van der Waals surface area (Å²) in [6, 6.07) is 2.01. The minimum absolute atomic E-state index is 0.803. The van der Waals surface area contributed by atoms with Gasteiger partial charge in [0.1, 0.15) is 18.0 Å². The highest BCUT2D eigenvalue weighted by molar-refractivity contribution is 7.80. The van der Waals surface area contributed by atoms with E-state index in [2.05, 4.69) is 39.9 Å². The summed E-state index contributed by atoms with van der Waals surface area (Å²) in [7, 11) is 2.11. The largest absolute Gasteiger partial charge is 0.369 e. The number of hydrogen-bond acceptors (Lipinski definition) is 5. The third-order valence-corrected chi connectivity index (χ3v) is 3.69. The maximum Gasteiger partial charge on any atom is 0.133 e. The Balaban J connectivity index is 1.93. The van der Waals surface area contributed by atoms with Crippen LogP contribution in [-0.2, 0) is 0 Å². The van der Waals surface area contributed by atoms with Crippen LogP contribution in [-0.4, -0.2) is 35.9 Å². The number of aromatic nitrogens is 2. The van der Waals surface area contributed by atoms with Gasteiger partial charge in [-0.1, -0.05) is 12.8 Å². The molecule has 100 valence electrons. The Hall–Kier alpha value is -0.970. The molecule has 18 heavy (non-hydrogen) atoms. The lowest BCUT2D eigenvalue weighted by Gasteiger charge is -2.22. The molecule has 1 aliphatic rings. The molecular weight excluding hydrogens is 244 g/mol. The summed E-state index contributed by atoms with van der Waals surface area (Å²) in [6.07, 6.45) is 7.12. The zero-order chi connectivity index (χ0) is 12.8. The first-order chi connectivity index (χ1) is 8.79. The van der Waals surface area contributed by atoms with Gasteiger partial charge in [-0.25, -0.2) is 9.97 Å². The van der Waals surface area contributed by atoms with Gasteiger partial charge < -0.3 is 10.2 Å². The van der Waals surface area contributed by atoms with Crippen LogP contribution < -0.4 is 10.2 Å². The number of hydrogen-bond donors (Lipinski definition) is 2. The Morgan fingerprint density at radius 1 is 1.39 bits per heavy atom. The summed E-state index contributed by atoms with van der Waals surface area (Å²) in [5.74, 6) is 3.52. The second kappa shape index (κ2) is 6.83. The second-order valence-corrected chi connectivity index (χ2v) is 5.39. The predicted molar refractivity (Wildman–Crippen MR) is 79.6 cm³/mol. The molecule has 1 aliphatic carbocycles. The van der Waals surface area contributed by atoms with Crippen LogP contribution in [0, 0.1) is 5.92 Å². The van der Waals surface area contributed by atoms with E-state index in [1.165, 1.54) is 25.7 Å². The molecule has 0 atom stereocenters. The van der Waals surface area contributed by atoms with Gasteiger partial charge in [-0.2, -0.15) is 12.6 Å². The fourth-order valence-corrected chi connectivity index (χ4v) is 2.62. The van der Waals surface area contributed by atoms with Gasteiger partial charge in [0.25, 0.3) is 0 Å². The number of thiol groups is 1. The number of rotatable bonds is 6. The molecular formula is C13H22N4S. The lowest BCUT2D eigenvalue weighted by atomic mass is 10.1. The maximum absolute atomic E-state index is 4.35. The van der Waals surface area contributed by atoms with Crippen molar-refractivity contribution in [3.05, 3.63) is 12.4 Å². The van der Waals surface area contributed by atoms with Gasteiger partial charge in [0.15, 0.2) is 0 Å². The highest BCUT2D eigenvalue weighted by Crippen LogP contribution is 2.26. The summed E-state index contributed by atoms with van der Waals surface area (Å²) in [5.41, 5.74) is 0. The molecule has 5 heteroatoms. The van der Waals surface area contributed by atoms with Crippen molar-refractivity contribution >= 4 is 24.3 Å². The predicted octanol–water partition coefficient (Wildman–Crippen LogP) is 2.44. The van der Waals surface area contributed by atoms with Gasteiger partial charge in [-0.3, -0.25) is 0 Å². The number of nitrogens with zero attached hydrogens (tertiary/aromatic N) is 3. The number of nitrogens with one attached hydrogen (secondary N) is 1. The second-order valence-electron chi connectivity index (χ2n) is 4.94. The summed E-state index contributed by atoms with van der Waals surface area (Å²) in [4.78, 5) is 10.8. The highest BCUT2D eigenvalue weighted by Gasteiger charge is 2.17. The van der Waals surface area contributed by atoms with Gasteiger partial charge in [-0.15, -0.1) is 0 Å². The standard InChI is InChI=1S/C13H22N4S/c1-17(9-11-4-2-3-5-11)13-8-12(14-6-7-18)15-10-16-13/h8,10-11,18H,2-7,9H2,1H3,(H,14,15,16). The molecule has 2 rings (SSSR count). The van der Waals surface area contributed by atoms with Crippen LogP contribution in [0.1, 0.15) is 25.7 Å². The summed E-state index contributed by atoms with van der Waals surface area (Å²) in [6.45, 7) is 1.93. The van der Waals surface area contributed by atoms with Gasteiger partial charge in [-0.05, 0) is 18.8 Å². The highest BCUT2D eigenvalue weighted by atomic mass is 32.1. The topological polar surface area (TPSA) is 41.0 Å². The van der Waals surface area contributed by atoms with Crippen molar-refractivity contribution in [1.82, 2.24) is 9.97 Å². The van der Waals surface area contributed by atoms with E-state index >= 15 is 0 Å². The van der Waals surface area contributed by atoms with Crippen molar-refractivity contribution in [3.63, 3.8) is 0 Å². The molecule has 1 fully saturated rings. The molecule has 0 spiro atoms. The van der Waals surface area contributed by atoms with Crippen LogP contribution in [0.5, 0.6) is 0 Å². The van der Waals surface area contributed by atoms with Gasteiger partial charge >= 0.3 is 0 Å². The van der Waals surface area contributed by atoms with E-state index in [1.807, 2.05) is 6.07 Å². The smallest absolute Gasteiger partial charge is 0.133 e. The monoisotopic (exact) mass is 266 g/mol. The first kappa shape index (κ1) is 13.5. The SMILES string of the molecule is CN(CC1CCCC1)c1cc(NCCS)ncn1. The summed E-state index contributed by atoms with van der Waals surface area (Å²) < 4.78 is 0. The molecule has 1 aromatic heterocycles. The Kier molecular flexibility index (Phi) is 5.11. The van der Waals surface area contributed by atoms with Crippen LogP contribution in [0.25, 0.3) is 0 Å². The average molecular weight is 266 g/mol. The third-order valence-electron chi connectivity index (χ3n) is 3.47. The Morgan fingerprint density at radius 3 is 2.89 bits per heavy atom. The zero-order valence-corrected chi connectivity index (χ0v) is 11.9. The van der Waals surface area contributed by atoms with Crippen molar-refractivity contribution in [2.75, 3.05) is 36.1 Å².